The van der Waals surface area contributed by atoms with Crippen LogP contribution in [0.4, 0.5) is 0 Å². The van der Waals surface area contributed by atoms with Crippen molar-refractivity contribution in [2.45, 2.75) is 128 Å². The second-order valence-electron chi connectivity index (χ2n) is 14.7. The summed E-state index contributed by atoms with van der Waals surface area (Å²) in [5, 5.41) is 11.6. The van der Waals surface area contributed by atoms with Crippen molar-refractivity contribution in [3.8, 4) is 11.8 Å². The molecule has 8 heteroatoms. The van der Waals surface area contributed by atoms with Crippen LogP contribution in [-0.4, -0.2) is 66.3 Å². The molecule has 1 N–H and O–H groups in total. The highest BCUT2D eigenvalue weighted by Crippen LogP contribution is 2.34. The van der Waals surface area contributed by atoms with E-state index in [1.54, 1.807) is 0 Å². The topological polar surface area (TPSA) is 84.8 Å². The molecule has 2 aliphatic heterocycles. The van der Waals surface area contributed by atoms with Gasteiger partial charge >= 0.3 is 0 Å². The van der Waals surface area contributed by atoms with E-state index < -0.39 is 48.5 Å². The molecular weight excluding hydrogens is 693 g/mol. The molecule has 2 fully saturated rings. The molecule has 2 saturated heterocycles. The Kier molecular flexibility index (Phi) is 15.5. The maximum absolute atomic E-state index is 11.6. The van der Waals surface area contributed by atoms with Crippen LogP contribution in [0.2, 0.25) is 0 Å². The van der Waals surface area contributed by atoms with Gasteiger partial charge in [0.1, 0.15) is 42.7 Å². The molecule has 2 heterocycles. The maximum Gasteiger partial charge on any atom is 0.163 e. The minimum absolute atomic E-state index is 0.221. The van der Waals surface area contributed by atoms with E-state index in [0.29, 0.717) is 26.4 Å². The van der Waals surface area contributed by atoms with Gasteiger partial charge in [0.2, 0.25) is 0 Å². The predicted molar refractivity (Wildman–Crippen MR) is 212 cm³/mol. The van der Waals surface area contributed by atoms with Crippen LogP contribution in [0.3, 0.4) is 0 Å². The zero-order chi connectivity index (χ0) is 38.3. The van der Waals surface area contributed by atoms with Gasteiger partial charge in [0.05, 0.1) is 39.1 Å². The third-order valence-electron chi connectivity index (χ3n) is 9.88. The highest BCUT2D eigenvalue weighted by Gasteiger charge is 2.49. The molecule has 0 aliphatic carbocycles. The number of ether oxygens (including phenoxy) is 7. The van der Waals surface area contributed by atoms with Crippen LogP contribution in [0.5, 0.6) is 0 Å². The molecule has 2 aliphatic rings. The number of unbranched alkanes of at least 4 members (excludes halogenated alkanes) is 2. The maximum atomic E-state index is 11.6. The van der Waals surface area contributed by atoms with Gasteiger partial charge in [0, 0.05) is 0 Å². The summed E-state index contributed by atoms with van der Waals surface area (Å²) >= 11 is 0. The molecule has 8 atom stereocenters. The normalized spacial score (nSPS) is 25.2. The van der Waals surface area contributed by atoms with Gasteiger partial charge in [0.25, 0.3) is 0 Å². The van der Waals surface area contributed by atoms with Gasteiger partial charge in [-0.15, -0.1) is 0 Å². The largest absolute Gasteiger partial charge is 0.378 e. The second kappa shape index (κ2) is 20.9. The van der Waals surface area contributed by atoms with E-state index in [9.17, 15) is 5.11 Å². The average molecular weight is 749 g/mol. The van der Waals surface area contributed by atoms with Gasteiger partial charge in [-0.2, -0.15) is 0 Å². The molecule has 0 radical (unpaired) electrons. The van der Waals surface area contributed by atoms with E-state index in [2.05, 4.69) is 18.8 Å². The van der Waals surface area contributed by atoms with E-state index >= 15 is 0 Å². The van der Waals surface area contributed by atoms with Gasteiger partial charge in [-0.05, 0) is 42.5 Å². The molecule has 6 rings (SSSR count). The first-order valence-electron chi connectivity index (χ1n) is 19.7. The summed E-state index contributed by atoms with van der Waals surface area (Å²) in [7, 11) is 0. The van der Waals surface area contributed by atoms with Crippen molar-refractivity contribution >= 4 is 0 Å². The van der Waals surface area contributed by atoms with Gasteiger partial charge in [-0.1, -0.05) is 159 Å². The van der Waals surface area contributed by atoms with Crippen molar-refractivity contribution in [1.29, 1.82) is 0 Å². The summed E-state index contributed by atoms with van der Waals surface area (Å²) < 4.78 is 46.0. The van der Waals surface area contributed by atoms with Crippen molar-refractivity contribution in [1.82, 2.24) is 0 Å². The van der Waals surface area contributed by atoms with Crippen molar-refractivity contribution in [3.05, 3.63) is 144 Å². The SMILES string of the molecule is CCCCC[C@H]1OC(C)(C)O[C@H]1[C@@H](O)C#C[C@H]1O[C@H](COCc2ccccc2)[C@H](OCc2ccccc2)[C@H](OCc2ccccc2)[C@H]1OCc1ccccc1. The second-order valence-corrected chi connectivity index (χ2v) is 14.7. The number of hydrogen-bond acceptors (Lipinski definition) is 8. The zero-order valence-corrected chi connectivity index (χ0v) is 32.3. The summed E-state index contributed by atoms with van der Waals surface area (Å²) in [6, 6.07) is 40.2. The molecule has 0 spiro atoms. The quantitative estimate of drug-likeness (QED) is 0.0806. The lowest BCUT2D eigenvalue weighted by Crippen LogP contribution is -2.61. The molecule has 0 unspecified atom stereocenters. The Hall–Kier alpha value is -3.88. The van der Waals surface area contributed by atoms with Crippen LogP contribution < -0.4 is 0 Å². The lowest BCUT2D eigenvalue weighted by atomic mass is 9.93. The molecule has 4 aromatic carbocycles. The molecule has 0 aromatic heterocycles. The highest BCUT2D eigenvalue weighted by molar-refractivity contribution is 5.20. The van der Waals surface area contributed by atoms with Gasteiger partial charge in [-0.25, -0.2) is 0 Å². The van der Waals surface area contributed by atoms with E-state index in [0.717, 1.165) is 47.9 Å². The Balaban J connectivity index is 1.32. The smallest absolute Gasteiger partial charge is 0.163 e. The van der Waals surface area contributed by atoms with Gasteiger partial charge < -0.3 is 38.3 Å². The van der Waals surface area contributed by atoms with Crippen molar-refractivity contribution in [2.24, 2.45) is 0 Å². The summed E-state index contributed by atoms with van der Waals surface area (Å²) in [6.45, 7) is 7.51. The summed E-state index contributed by atoms with van der Waals surface area (Å²) in [6.07, 6.45) is -1.33. The van der Waals surface area contributed by atoms with E-state index in [1.165, 1.54) is 0 Å². The monoisotopic (exact) mass is 748 g/mol. The van der Waals surface area contributed by atoms with Crippen LogP contribution in [0, 0.1) is 11.8 Å². The Morgan fingerprint density at radius 3 is 1.64 bits per heavy atom. The lowest BCUT2D eigenvalue weighted by molar-refractivity contribution is -0.261. The zero-order valence-electron chi connectivity index (χ0n) is 32.3. The van der Waals surface area contributed by atoms with Crippen LogP contribution >= 0.6 is 0 Å². The third-order valence-corrected chi connectivity index (χ3v) is 9.88. The Morgan fingerprint density at radius 2 is 1.11 bits per heavy atom. The Bertz CT molecular complexity index is 1730. The Labute approximate surface area is 327 Å². The Morgan fingerprint density at radius 1 is 0.618 bits per heavy atom. The summed E-state index contributed by atoms with van der Waals surface area (Å²) in [5.74, 6) is 5.57. The van der Waals surface area contributed by atoms with Crippen molar-refractivity contribution in [3.63, 3.8) is 0 Å². The first-order valence-corrected chi connectivity index (χ1v) is 19.7. The fourth-order valence-corrected chi connectivity index (χ4v) is 7.10. The first kappa shape index (κ1) is 40.8. The van der Waals surface area contributed by atoms with Gasteiger partial charge in [-0.3, -0.25) is 0 Å². The van der Waals surface area contributed by atoms with Crippen LogP contribution in [0.1, 0.15) is 68.7 Å². The van der Waals surface area contributed by atoms with Crippen LogP contribution in [0.15, 0.2) is 121 Å². The minimum Gasteiger partial charge on any atom is -0.378 e. The lowest BCUT2D eigenvalue weighted by Gasteiger charge is -2.45. The number of hydrogen-bond donors (Lipinski definition) is 1. The number of benzene rings is 4. The summed E-state index contributed by atoms with van der Waals surface area (Å²) in [4.78, 5) is 0. The first-order chi connectivity index (χ1) is 26.9. The molecule has 55 heavy (non-hydrogen) atoms. The average Bonchev–Trinajstić information content (AvgIpc) is 3.53. The van der Waals surface area contributed by atoms with Crippen LogP contribution in [-0.2, 0) is 59.6 Å². The van der Waals surface area contributed by atoms with Gasteiger partial charge in [0.15, 0.2) is 5.79 Å². The number of aliphatic hydroxyl groups is 1. The van der Waals surface area contributed by atoms with E-state index in [1.807, 2.05) is 135 Å². The molecule has 0 amide bonds. The fraction of sp³-hybridized carbons (Fsp3) is 0.447. The predicted octanol–water partition coefficient (Wildman–Crippen LogP) is 8.19. The van der Waals surface area contributed by atoms with Crippen molar-refractivity contribution < 1.29 is 38.3 Å². The standard InChI is InChI=1S/C47H56O8/c1-4-5-10-27-41-43(55-47(2,3)54-41)39(48)28-29-40-44(50-31-36-21-13-7-14-22-36)46(52-33-38-25-17-9-18-26-38)45(51-32-37-23-15-8-16-24-37)42(53-40)34-49-30-35-19-11-6-12-20-35/h6-9,11-26,39-46,48H,4-5,10,27,30-34H2,1-3H3/t39-,40+,41+,42+,43-,44-,45-,46+/m0/s1. The molecule has 0 bridgehead atoms. The summed E-state index contributed by atoms with van der Waals surface area (Å²) in [5.41, 5.74) is 4.09. The molecule has 8 nitrogen and oxygen atoms in total. The molecule has 4 aromatic rings. The fourth-order valence-electron chi connectivity index (χ4n) is 7.10. The third kappa shape index (κ3) is 12.3. The van der Waals surface area contributed by atoms with Crippen LogP contribution in [0.25, 0.3) is 0 Å². The minimum atomic E-state index is -1.12. The van der Waals surface area contributed by atoms with Crippen molar-refractivity contribution in [2.75, 3.05) is 6.61 Å². The highest BCUT2D eigenvalue weighted by atomic mass is 16.8. The molecule has 292 valence electrons. The number of aliphatic hydroxyl groups excluding tert-OH is 1. The molecule has 0 saturated carbocycles. The number of rotatable bonds is 18. The van der Waals surface area contributed by atoms with E-state index in [-0.39, 0.29) is 12.7 Å². The van der Waals surface area contributed by atoms with E-state index in [4.69, 9.17) is 33.2 Å². The molecular formula is C47H56O8.